The Morgan fingerprint density at radius 2 is 1.97 bits per heavy atom. The van der Waals surface area contributed by atoms with Gasteiger partial charge in [0.25, 0.3) is 0 Å². The fourth-order valence-corrected chi connectivity index (χ4v) is 3.91. The molecule has 0 spiro atoms. The van der Waals surface area contributed by atoms with Crippen molar-refractivity contribution < 1.29 is 14.3 Å². The van der Waals surface area contributed by atoms with Gasteiger partial charge in [0.15, 0.2) is 17.6 Å². The third kappa shape index (κ3) is 3.53. The summed E-state index contributed by atoms with van der Waals surface area (Å²) in [4.78, 5) is 17.7. The summed E-state index contributed by atoms with van der Waals surface area (Å²) in [6, 6.07) is 15.8. The summed E-state index contributed by atoms with van der Waals surface area (Å²) in [7, 11) is 0. The van der Waals surface area contributed by atoms with E-state index in [9.17, 15) is 4.79 Å². The summed E-state index contributed by atoms with van der Waals surface area (Å²) in [5, 5.41) is 4.21. The number of carbonyl (C=O) groups excluding carboxylic acids is 1. The van der Waals surface area contributed by atoms with Gasteiger partial charge >= 0.3 is 6.03 Å². The number of ether oxygens (including phenoxy) is 2. The Labute approximate surface area is 169 Å². The highest BCUT2D eigenvalue weighted by molar-refractivity contribution is 5.93. The van der Waals surface area contributed by atoms with Gasteiger partial charge in [-0.25, -0.2) is 4.79 Å². The van der Waals surface area contributed by atoms with Gasteiger partial charge in [-0.3, -0.25) is 0 Å². The van der Waals surface area contributed by atoms with Crippen molar-refractivity contribution in [2.45, 2.75) is 12.5 Å². The third-order valence-corrected chi connectivity index (χ3v) is 5.48. The second-order valence-electron chi connectivity index (χ2n) is 7.36. The Morgan fingerprint density at radius 1 is 1.14 bits per heavy atom. The molecule has 2 aromatic carbocycles. The van der Waals surface area contributed by atoms with E-state index >= 15 is 0 Å². The highest BCUT2D eigenvalue weighted by atomic mass is 16.6. The van der Waals surface area contributed by atoms with Crippen LogP contribution in [0.5, 0.6) is 11.5 Å². The number of amides is 2. The summed E-state index contributed by atoms with van der Waals surface area (Å²) in [6.07, 6.45) is 4.86. The van der Waals surface area contributed by atoms with Crippen molar-refractivity contribution in [1.82, 2.24) is 15.2 Å². The molecule has 2 N–H and O–H groups in total. The van der Waals surface area contributed by atoms with Crippen LogP contribution in [0.25, 0.3) is 16.5 Å². The Morgan fingerprint density at radius 3 is 2.83 bits per heavy atom. The SMILES string of the molecule is O=C(NCC1COc2ccccc2O1)N1CC=C(c2c[nH]c3ccccc23)CC1. The normalized spacial score (nSPS) is 18.4. The lowest BCUT2D eigenvalue weighted by atomic mass is 9.99. The zero-order chi connectivity index (χ0) is 19.6. The van der Waals surface area contributed by atoms with E-state index in [0.29, 0.717) is 26.2 Å². The number of benzene rings is 2. The second-order valence-corrected chi connectivity index (χ2v) is 7.36. The van der Waals surface area contributed by atoms with Gasteiger partial charge in [0.2, 0.25) is 0 Å². The Hall–Kier alpha value is -3.41. The molecule has 5 rings (SSSR count). The van der Waals surface area contributed by atoms with E-state index in [1.54, 1.807) is 0 Å². The number of rotatable bonds is 3. The number of carbonyl (C=O) groups is 1. The van der Waals surface area contributed by atoms with E-state index in [2.05, 4.69) is 40.8 Å². The van der Waals surface area contributed by atoms with E-state index in [0.717, 1.165) is 23.4 Å². The van der Waals surface area contributed by atoms with Gasteiger partial charge in [0, 0.05) is 35.8 Å². The predicted molar refractivity (Wildman–Crippen MR) is 112 cm³/mol. The van der Waals surface area contributed by atoms with Crippen LogP contribution >= 0.6 is 0 Å². The lowest BCUT2D eigenvalue weighted by Gasteiger charge is -2.29. The van der Waals surface area contributed by atoms with Crippen LogP contribution in [0.15, 0.2) is 60.8 Å². The molecular formula is C23H23N3O3. The van der Waals surface area contributed by atoms with Gasteiger partial charge in [-0.15, -0.1) is 0 Å². The number of H-pyrrole nitrogens is 1. The van der Waals surface area contributed by atoms with Crippen molar-refractivity contribution in [2.75, 3.05) is 26.2 Å². The summed E-state index contributed by atoms with van der Waals surface area (Å²) >= 11 is 0. The molecule has 0 saturated heterocycles. The van der Waals surface area contributed by atoms with Crippen molar-refractivity contribution in [1.29, 1.82) is 0 Å². The molecule has 1 atom stereocenters. The second kappa shape index (κ2) is 7.54. The van der Waals surface area contributed by atoms with Gasteiger partial charge in [0.05, 0.1) is 6.54 Å². The minimum Gasteiger partial charge on any atom is -0.486 e. The predicted octanol–water partition coefficient (Wildman–Crippen LogP) is 3.81. The molecule has 0 saturated carbocycles. The maximum atomic E-state index is 12.6. The summed E-state index contributed by atoms with van der Waals surface area (Å²) in [5.74, 6) is 1.48. The maximum absolute atomic E-state index is 12.6. The van der Waals surface area contributed by atoms with Gasteiger partial charge in [-0.05, 0) is 30.2 Å². The molecule has 0 aliphatic carbocycles. The smallest absolute Gasteiger partial charge is 0.317 e. The Balaban J connectivity index is 1.17. The van der Waals surface area contributed by atoms with Crippen LogP contribution < -0.4 is 14.8 Å². The monoisotopic (exact) mass is 389 g/mol. The fourth-order valence-electron chi connectivity index (χ4n) is 3.91. The average Bonchev–Trinajstić information content (AvgIpc) is 3.21. The Kier molecular flexibility index (Phi) is 4.60. The Bertz CT molecular complexity index is 1070. The van der Waals surface area contributed by atoms with Crippen LogP contribution in [0.3, 0.4) is 0 Å². The lowest BCUT2D eigenvalue weighted by Crippen LogP contribution is -2.47. The number of nitrogens with one attached hydrogen (secondary N) is 2. The van der Waals surface area contributed by atoms with Crippen molar-refractivity contribution in [2.24, 2.45) is 0 Å². The van der Waals surface area contributed by atoms with Crippen molar-refractivity contribution in [3.05, 3.63) is 66.4 Å². The van der Waals surface area contributed by atoms with Crippen LogP contribution in [0, 0.1) is 0 Å². The first-order chi connectivity index (χ1) is 14.3. The van der Waals surface area contributed by atoms with Gasteiger partial charge in [-0.2, -0.15) is 0 Å². The summed E-state index contributed by atoms with van der Waals surface area (Å²) < 4.78 is 11.6. The number of hydrogen-bond acceptors (Lipinski definition) is 3. The van der Waals surface area contributed by atoms with Crippen LogP contribution in [-0.4, -0.2) is 48.3 Å². The van der Waals surface area contributed by atoms with Crippen LogP contribution in [0.4, 0.5) is 4.79 Å². The number of fused-ring (bicyclic) bond motifs is 2. The molecule has 0 radical (unpaired) electrons. The molecule has 1 aromatic heterocycles. The molecule has 148 valence electrons. The van der Waals surface area contributed by atoms with E-state index in [4.69, 9.17) is 9.47 Å². The number of aromatic nitrogens is 1. The minimum absolute atomic E-state index is 0.0679. The van der Waals surface area contributed by atoms with Crippen molar-refractivity contribution in [3.63, 3.8) is 0 Å². The molecule has 1 unspecified atom stereocenters. The molecule has 0 fully saturated rings. The van der Waals surface area contributed by atoms with Crippen molar-refractivity contribution >= 4 is 22.5 Å². The summed E-state index contributed by atoms with van der Waals surface area (Å²) in [6.45, 7) is 2.15. The fraction of sp³-hybridized carbons (Fsp3) is 0.261. The van der Waals surface area contributed by atoms with Crippen LogP contribution in [-0.2, 0) is 0 Å². The minimum atomic E-state index is -0.184. The molecule has 2 aliphatic rings. The summed E-state index contributed by atoms with van der Waals surface area (Å²) in [5.41, 5.74) is 3.65. The quantitative estimate of drug-likeness (QED) is 0.716. The number of urea groups is 1. The molecule has 2 amide bonds. The first-order valence-electron chi connectivity index (χ1n) is 9.95. The molecular weight excluding hydrogens is 366 g/mol. The molecule has 3 aromatic rings. The highest BCUT2D eigenvalue weighted by Crippen LogP contribution is 2.31. The molecule has 0 bridgehead atoms. The lowest BCUT2D eigenvalue weighted by molar-refractivity contribution is 0.0903. The highest BCUT2D eigenvalue weighted by Gasteiger charge is 2.23. The largest absolute Gasteiger partial charge is 0.486 e. The first-order valence-corrected chi connectivity index (χ1v) is 9.95. The number of aromatic amines is 1. The molecule has 6 nitrogen and oxygen atoms in total. The standard InChI is InChI=1S/C23H23N3O3/c27-23(25-13-17-15-28-21-7-3-4-8-22(21)29-17)26-11-9-16(10-12-26)19-14-24-20-6-2-1-5-18(19)20/h1-9,14,17,24H,10-13,15H2,(H,25,27). The number of nitrogens with zero attached hydrogens (tertiary/aromatic N) is 1. The molecule has 2 aliphatic heterocycles. The topological polar surface area (TPSA) is 66.6 Å². The van der Waals surface area contributed by atoms with Crippen LogP contribution in [0.1, 0.15) is 12.0 Å². The number of hydrogen-bond donors (Lipinski definition) is 2. The molecule has 29 heavy (non-hydrogen) atoms. The average molecular weight is 389 g/mol. The molecule has 3 heterocycles. The third-order valence-electron chi connectivity index (χ3n) is 5.48. The van der Waals surface area contributed by atoms with E-state index in [-0.39, 0.29) is 12.1 Å². The van der Waals surface area contributed by atoms with Crippen molar-refractivity contribution in [3.8, 4) is 11.5 Å². The van der Waals surface area contributed by atoms with Crippen LogP contribution in [0.2, 0.25) is 0 Å². The van der Waals surface area contributed by atoms with E-state index in [1.807, 2.05) is 35.2 Å². The zero-order valence-electron chi connectivity index (χ0n) is 16.1. The van der Waals surface area contributed by atoms with Gasteiger partial charge < -0.3 is 24.7 Å². The van der Waals surface area contributed by atoms with Gasteiger partial charge in [-0.1, -0.05) is 36.4 Å². The number of para-hydroxylation sites is 3. The maximum Gasteiger partial charge on any atom is 0.317 e. The van der Waals surface area contributed by atoms with E-state index in [1.165, 1.54) is 16.5 Å². The van der Waals surface area contributed by atoms with E-state index < -0.39 is 0 Å². The first kappa shape index (κ1) is 17.7. The zero-order valence-corrected chi connectivity index (χ0v) is 16.1. The molecule has 6 heteroatoms. The van der Waals surface area contributed by atoms with Gasteiger partial charge in [0.1, 0.15) is 6.61 Å².